The second-order valence-corrected chi connectivity index (χ2v) is 6.90. The van der Waals surface area contributed by atoms with E-state index in [1.165, 1.54) is 0 Å². The number of halogens is 1. The first-order valence-electron chi connectivity index (χ1n) is 8.99. The number of nitrogens with one attached hydrogen (secondary N) is 1. The number of hydrogen-bond donors (Lipinski definition) is 1. The predicted octanol–water partition coefficient (Wildman–Crippen LogP) is 2.62. The lowest BCUT2D eigenvalue weighted by molar-refractivity contribution is -0.132. The van der Waals surface area contributed by atoms with Gasteiger partial charge in [-0.15, -0.1) is 0 Å². The van der Waals surface area contributed by atoms with Crippen LogP contribution in [0, 0.1) is 5.92 Å². The van der Waals surface area contributed by atoms with E-state index in [2.05, 4.69) is 5.32 Å². The van der Waals surface area contributed by atoms with Crippen LogP contribution in [0.25, 0.3) is 0 Å². The second-order valence-electron chi connectivity index (χ2n) is 6.46. The van der Waals surface area contributed by atoms with Gasteiger partial charge in [0.15, 0.2) is 11.5 Å². The molecule has 2 aromatic carbocycles. The Morgan fingerprint density at radius 3 is 2.79 bits per heavy atom. The molecule has 7 nitrogen and oxygen atoms in total. The Bertz CT molecular complexity index is 887. The number of anilines is 1. The van der Waals surface area contributed by atoms with Crippen LogP contribution in [0.5, 0.6) is 17.2 Å². The molecule has 2 aliphatic rings. The fourth-order valence-corrected chi connectivity index (χ4v) is 3.36. The van der Waals surface area contributed by atoms with Crippen molar-refractivity contribution in [3.05, 3.63) is 47.5 Å². The van der Waals surface area contributed by atoms with Gasteiger partial charge in [0.1, 0.15) is 18.3 Å². The molecule has 0 bridgehead atoms. The van der Waals surface area contributed by atoms with E-state index >= 15 is 0 Å². The minimum atomic E-state index is -0.679. The van der Waals surface area contributed by atoms with Crippen molar-refractivity contribution in [3.8, 4) is 17.2 Å². The minimum absolute atomic E-state index is 0.198. The number of amides is 2. The van der Waals surface area contributed by atoms with Crippen LogP contribution in [-0.4, -0.2) is 38.3 Å². The highest BCUT2D eigenvalue weighted by atomic mass is 35.5. The summed E-state index contributed by atoms with van der Waals surface area (Å²) >= 11 is 5.88. The van der Waals surface area contributed by atoms with Gasteiger partial charge in [-0.2, -0.15) is 0 Å². The number of hydrogen-bond acceptors (Lipinski definition) is 5. The Balaban J connectivity index is 1.25. The zero-order valence-electron chi connectivity index (χ0n) is 15.0. The predicted molar refractivity (Wildman–Crippen MR) is 103 cm³/mol. The summed E-state index contributed by atoms with van der Waals surface area (Å²) in [6, 6.07) is 12.3. The maximum absolute atomic E-state index is 12.6. The third-order valence-electron chi connectivity index (χ3n) is 4.67. The summed E-state index contributed by atoms with van der Waals surface area (Å²) in [5.41, 5.74) is 0.746. The van der Waals surface area contributed by atoms with Crippen LogP contribution in [0.15, 0.2) is 42.5 Å². The Kier molecular flexibility index (Phi) is 5.25. The van der Waals surface area contributed by atoms with Crippen LogP contribution in [0.1, 0.15) is 6.42 Å². The normalized spacial score (nSPS) is 17.7. The van der Waals surface area contributed by atoms with Gasteiger partial charge < -0.3 is 24.4 Å². The van der Waals surface area contributed by atoms with Gasteiger partial charge in [-0.25, -0.2) is 0 Å². The van der Waals surface area contributed by atoms with Gasteiger partial charge in [0.05, 0.1) is 6.54 Å². The number of carbonyl (C=O) groups is 2. The van der Waals surface area contributed by atoms with Crippen molar-refractivity contribution in [2.45, 2.75) is 6.42 Å². The van der Waals surface area contributed by atoms with E-state index in [0.717, 1.165) is 5.69 Å². The molecule has 0 aliphatic carbocycles. The maximum atomic E-state index is 12.6. The molecule has 4 rings (SSSR count). The van der Waals surface area contributed by atoms with E-state index in [9.17, 15) is 9.59 Å². The quantitative estimate of drug-likeness (QED) is 0.593. The van der Waals surface area contributed by atoms with E-state index in [-0.39, 0.29) is 25.2 Å². The number of rotatable bonds is 6. The summed E-state index contributed by atoms with van der Waals surface area (Å²) < 4.78 is 16.2. The smallest absolute Gasteiger partial charge is 0.239 e. The number of nitrogens with zero attached hydrogens (tertiary/aromatic N) is 1. The van der Waals surface area contributed by atoms with E-state index in [1.54, 1.807) is 47.4 Å². The van der Waals surface area contributed by atoms with E-state index in [0.29, 0.717) is 41.8 Å². The molecule has 0 saturated carbocycles. The standard InChI is InChI=1S/C20H19ClN2O5/c21-13-1-3-14(4-2-13)23-9-7-16(20(23)25)19(24)22-8-10-26-15-5-6-17-18(11-15)28-12-27-17/h1-6,11,16H,7-10,12H2,(H,22,24). The molecule has 1 N–H and O–H groups in total. The van der Waals surface area contributed by atoms with Gasteiger partial charge >= 0.3 is 0 Å². The first-order valence-corrected chi connectivity index (χ1v) is 9.37. The first-order chi connectivity index (χ1) is 13.6. The van der Waals surface area contributed by atoms with Crippen LogP contribution in [-0.2, 0) is 9.59 Å². The molecule has 0 radical (unpaired) electrons. The number of fused-ring (bicyclic) bond motifs is 1. The van der Waals surface area contributed by atoms with Gasteiger partial charge in [0.25, 0.3) is 0 Å². The van der Waals surface area contributed by atoms with Crippen molar-refractivity contribution in [1.29, 1.82) is 0 Å². The van der Waals surface area contributed by atoms with Crippen molar-refractivity contribution in [2.75, 3.05) is 31.4 Å². The summed E-state index contributed by atoms with van der Waals surface area (Å²) in [6.07, 6.45) is 0.482. The highest BCUT2D eigenvalue weighted by Crippen LogP contribution is 2.35. The number of carbonyl (C=O) groups excluding carboxylic acids is 2. The molecule has 28 heavy (non-hydrogen) atoms. The number of ether oxygens (including phenoxy) is 3. The molecule has 2 heterocycles. The third kappa shape index (κ3) is 3.84. The van der Waals surface area contributed by atoms with Gasteiger partial charge in [-0.3, -0.25) is 9.59 Å². The largest absolute Gasteiger partial charge is 0.492 e. The summed E-state index contributed by atoms with van der Waals surface area (Å²) in [5.74, 6) is 0.795. The molecular weight excluding hydrogens is 384 g/mol. The van der Waals surface area contributed by atoms with Gasteiger partial charge in [-0.1, -0.05) is 11.6 Å². The topological polar surface area (TPSA) is 77.1 Å². The molecule has 0 spiro atoms. The molecule has 2 aromatic rings. The molecular formula is C20H19ClN2O5. The Morgan fingerprint density at radius 2 is 1.96 bits per heavy atom. The fourth-order valence-electron chi connectivity index (χ4n) is 3.23. The Labute approximate surface area is 167 Å². The van der Waals surface area contributed by atoms with Crippen LogP contribution >= 0.6 is 11.6 Å². The summed E-state index contributed by atoms with van der Waals surface area (Å²) in [7, 11) is 0. The van der Waals surface area contributed by atoms with Crippen LogP contribution < -0.4 is 24.4 Å². The highest BCUT2D eigenvalue weighted by Gasteiger charge is 2.37. The lowest BCUT2D eigenvalue weighted by Gasteiger charge is -2.17. The highest BCUT2D eigenvalue weighted by molar-refractivity contribution is 6.30. The van der Waals surface area contributed by atoms with E-state index in [1.807, 2.05) is 0 Å². The molecule has 1 fully saturated rings. The second kappa shape index (κ2) is 7.98. The van der Waals surface area contributed by atoms with Crippen LogP contribution in [0.2, 0.25) is 5.02 Å². The van der Waals surface area contributed by atoms with Gasteiger partial charge in [-0.05, 0) is 42.8 Å². The molecule has 8 heteroatoms. The summed E-state index contributed by atoms with van der Waals surface area (Å²) in [5, 5.41) is 3.37. The molecule has 0 aromatic heterocycles. The molecule has 1 unspecified atom stereocenters. The van der Waals surface area contributed by atoms with Crippen molar-refractivity contribution >= 4 is 29.1 Å². The monoisotopic (exact) mass is 402 g/mol. The van der Waals surface area contributed by atoms with Crippen LogP contribution in [0.4, 0.5) is 5.69 Å². The van der Waals surface area contributed by atoms with Crippen molar-refractivity contribution < 1.29 is 23.8 Å². The molecule has 146 valence electrons. The summed E-state index contributed by atoms with van der Waals surface area (Å²) in [6.45, 7) is 1.30. The average molecular weight is 403 g/mol. The maximum Gasteiger partial charge on any atom is 0.239 e. The fraction of sp³-hybridized carbons (Fsp3) is 0.300. The molecule has 2 aliphatic heterocycles. The van der Waals surface area contributed by atoms with Crippen molar-refractivity contribution in [3.63, 3.8) is 0 Å². The Hall–Kier alpha value is -2.93. The Morgan fingerprint density at radius 1 is 1.18 bits per heavy atom. The minimum Gasteiger partial charge on any atom is -0.492 e. The molecule has 1 saturated heterocycles. The third-order valence-corrected chi connectivity index (χ3v) is 4.93. The van der Waals surface area contributed by atoms with Crippen molar-refractivity contribution in [1.82, 2.24) is 5.32 Å². The number of benzene rings is 2. The SMILES string of the molecule is O=C(NCCOc1ccc2c(c1)OCO2)C1CCN(c2ccc(Cl)cc2)C1=O. The van der Waals surface area contributed by atoms with E-state index < -0.39 is 5.92 Å². The van der Waals surface area contributed by atoms with E-state index in [4.69, 9.17) is 25.8 Å². The van der Waals surface area contributed by atoms with Crippen molar-refractivity contribution in [2.24, 2.45) is 5.92 Å². The molecule has 2 amide bonds. The van der Waals surface area contributed by atoms with Gasteiger partial charge in [0, 0.05) is 23.3 Å². The summed E-state index contributed by atoms with van der Waals surface area (Å²) in [4.78, 5) is 26.6. The lowest BCUT2D eigenvalue weighted by Crippen LogP contribution is -2.38. The van der Waals surface area contributed by atoms with Crippen LogP contribution in [0.3, 0.4) is 0 Å². The van der Waals surface area contributed by atoms with Gasteiger partial charge in [0.2, 0.25) is 18.6 Å². The average Bonchev–Trinajstić information content (AvgIpc) is 3.32. The zero-order valence-corrected chi connectivity index (χ0v) is 15.8. The first kappa shape index (κ1) is 18.4. The molecule has 1 atom stereocenters. The lowest BCUT2D eigenvalue weighted by atomic mass is 10.1. The zero-order chi connectivity index (χ0) is 19.5.